The van der Waals surface area contributed by atoms with Crippen LogP contribution >= 0.6 is 11.9 Å². The maximum atomic E-state index is 10.8. The number of nitrogens with one attached hydrogen (secondary N) is 1. The van der Waals surface area contributed by atoms with Gasteiger partial charge in [-0.2, -0.15) is 0 Å². The maximum Gasteiger partial charge on any atom is 0.211 e. The van der Waals surface area contributed by atoms with Crippen LogP contribution in [-0.4, -0.2) is 38.0 Å². The van der Waals surface area contributed by atoms with Crippen LogP contribution in [0.3, 0.4) is 0 Å². The Morgan fingerprint density at radius 1 is 1.29 bits per heavy atom. The zero-order valence-corrected chi connectivity index (χ0v) is 13.5. The molecule has 1 saturated heterocycles. The minimum atomic E-state index is -0.896. The Hall–Kier alpha value is -1.08. The molecule has 0 unspecified atom stereocenters. The average molecular weight is 310 g/mol. The highest BCUT2D eigenvalue weighted by Crippen LogP contribution is 2.36. The minimum Gasteiger partial charge on any atom is -0.349 e. The van der Waals surface area contributed by atoms with Crippen molar-refractivity contribution < 1.29 is 14.3 Å². The summed E-state index contributed by atoms with van der Waals surface area (Å²) in [7, 11) is 3.18. The van der Waals surface area contributed by atoms with Gasteiger partial charge in [0.15, 0.2) is 5.79 Å². The molecule has 2 rings (SSSR count). The Bertz CT molecular complexity index is 486. The van der Waals surface area contributed by atoms with Gasteiger partial charge in [0.25, 0.3) is 0 Å². The molecule has 1 aromatic carbocycles. The number of rotatable bonds is 7. The summed E-state index contributed by atoms with van der Waals surface area (Å²) in [6.07, 6.45) is 3.16. The third-order valence-corrected chi connectivity index (χ3v) is 4.86. The second-order valence-corrected chi connectivity index (χ2v) is 6.22. The average Bonchev–Trinajstić information content (AvgIpc) is 3.01. The van der Waals surface area contributed by atoms with E-state index >= 15 is 0 Å². The van der Waals surface area contributed by atoms with E-state index in [9.17, 15) is 4.79 Å². The van der Waals surface area contributed by atoms with Gasteiger partial charge in [0.05, 0.1) is 0 Å². The van der Waals surface area contributed by atoms with Crippen molar-refractivity contribution in [2.45, 2.75) is 30.4 Å². The van der Waals surface area contributed by atoms with Crippen molar-refractivity contribution >= 4 is 24.0 Å². The molecule has 5 nitrogen and oxygen atoms in total. The second kappa shape index (κ2) is 7.26. The number of ether oxygens (including phenoxy) is 2. The van der Waals surface area contributed by atoms with Gasteiger partial charge in [-0.15, -0.1) is 0 Å². The van der Waals surface area contributed by atoms with Gasteiger partial charge in [0.2, 0.25) is 6.41 Å². The smallest absolute Gasteiger partial charge is 0.211 e. The molecule has 1 heterocycles. The van der Waals surface area contributed by atoms with E-state index in [1.54, 1.807) is 26.2 Å². The molecule has 1 aliphatic rings. The fraction of sp³-hybridized carbons (Fsp3) is 0.533. The summed E-state index contributed by atoms with van der Waals surface area (Å²) in [6, 6.07) is 5.91. The highest BCUT2D eigenvalue weighted by Gasteiger charge is 2.29. The minimum absolute atomic E-state index is 0.665. The van der Waals surface area contributed by atoms with E-state index in [1.807, 2.05) is 25.1 Å². The number of amides is 1. The number of hydrogen-bond donors (Lipinski definition) is 1. The first-order chi connectivity index (χ1) is 10.1. The molecule has 0 spiro atoms. The fourth-order valence-electron chi connectivity index (χ4n) is 2.38. The Kier molecular flexibility index (Phi) is 5.64. The van der Waals surface area contributed by atoms with Crippen molar-refractivity contribution in [3.63, 3.8) is 0 Å². The Balaban J connectivity index is 2.30. The standard InChI is InChI=1S/C15H22N2O3S/c1-15(19-2,20-3)13-10-12(6-7-14(13)16-11-18)21-17-8-4-5-9-17/h6-7,10-11H,4-5,8-9H2,1-3H3,(H,16,18). The Morgan fingerprint density at radius 2 is 1.95 bits per heavy atom. The molecule has 6 heteroatoms. The van der Waals surface area contributed by atoms with E-state index in [2.05, 4.69) is 9.62 Å². The van der Waals surface area contributed by atoms with Crippen LogP contribution in [0, 0.1) is 0 Å². The van der Waals surface area contributed by atoms with Crippen LogP contribution in [0.2, 0.25) is 0 Å². The lowest BCUT2D eigenvalue weighted by molar-refractivity contribution is -0.201. The first-order valence-corrected chi connectivity index (χ1v) is 7.78. The Labute approximate surface area is 130 Å². The molecule has 0 atom stereocenters. The van der Waals surface area contributed by atoms with E-state index in [-0.39, 0.29) is 0 Å². The predicted molar refractivity (Wildman–Crippen MR) is 84.2 cm³/mol. The van der Waals surface area contributed by atoms with Crippen LogP contribution in [-0.2, 0) is 20.1 Å². The van der Waals surface area contributed by atoms with E-state index < -0.39 is 5.79 Å². The second-order valence-electron chi connectivity index (χ2n) is 5.05. The first kappa shape index (κ1) is 16.3. The monoisotopic (exact) mass is 310 g/mol. The summed E-state index contributed by atoms with van der Waals surface area (Å²) in [5.41, 5.74) is 1.51. The number of nitrogens with zero attached hydrogens (tertiary/aromatic N) is 1. The molecule has 0 bridgehead atoms. The molecule has 21 heavy (non-hydrogen) atoms. The summed E-state index contributed by atoms with van der Waals surface area (Å²) >= 11 is 1.74. The van der Waals surface area contributed by atoms with Gasteiger partial charge in [-0.05, 0) is 49.9 Å². The van der Waals surface area contributed by atoms with E-state index in [1.165, 1.54) is 12.8 Å². The van der Waals surface area contributed by atoms with Crippen molar-refractivity contribution in [3.8, 4) is 0 Å². The first-order valence-electron chi connectivity index (χ1n) is 7.01. The highest BCUT2D eigenvalue weighted by atomic mass is 32.2. The summed E-state index contributed by atoms with van der Waals surface area (Å²) in [5, 5.41) is 2.71. The lowest BCUT2D eigenvalue weighted by Gasteiger charge is -2.29. The van der Waals surface area contributed by atoms with Gasteiger partial charge in [-0.3, -0.25) is 4.79 Å². The van der Waals surface area contributed by atoms with Gasteiger partial charge >= 0.3 is 0 Å². The third kappa shape index (κ3) is 3.77. The molecule has 1 N–H and O–H groups in total. The molecular formula is C15H22N2O3S. The fourth-order valence-corrected chi connectivity index (χ4v) is 3.42. The number of benzene rings is 1. The van der Waals surface area contributed by atoms with E-state index in [4.69, 9.17) is 9.47 Å². The van der Waals surface area contributed by atoms with E-state index in [0.717, 1.165) is 23.5 Å². The maximum absolute atomic E-state index is 10.8. The number of methoxy groups -OCH3 is 2. The summed E-state index contributed by atoms with van der Waals surface area (Å²) in [4.78, 5) is 11.9. The molecular weight excluding hydrogens is 288 g/mol. The molecule has 1 aromatic rings. The normalized spacial score (nSPS) is 16.1. The molecule has 0 aromatic heterocycles. The lowest BCUT2D eigenvalue weighted by atomic mass is 10.0. The third-order valence-electron chi connectivity index (χ3n) is 3.77. The van der Waals surface area contributed by atoms with Crippen LogP contribution in [0.4, 0.5) is 5.69 Å². The molecule has 1 amide bonds. The zero-order valence-electron chi connectivity index (χ0n) is 12.7. The summed E-state index contributed by atoms with van der Waals surface area (Å²) in [6.45, 7) is 4.06. The van der Waals surface area contributed by atoms with Crippen LogP contribution in [0.1, 0.15) is 25.3 Å². The van der Waals surface area contributed by atoms with Crippen molar-refractivity contribution in [2.24, 2.45) is 0 Å². The molecule has 1 fully saturated rings. The Morgan fingerprint density at radius 3 is 2.52 bits per heavy atom. The summed E-state index contributed by atoms with van der Waals surface area (Å²) in [5.74, 6) is -0.896. The van der Waals surface area contributed by atoms with Crippen molar-refractivity contribution in [1.29, 1.82) is 0 Å². The van der Waals surface area contributed by atoms with Crippen molar-refractivity contribution in [2.75, 3.05) is 32.6 Å². The van der Waals surface area contributed by atoms with Crippen molar-refractivity contribution in [3.05, 3.63) is 23.8 Å². The molecule has 0 saturated carbocycles. The molecule has 116 valence electrons. The van der Waals surface area contributed by atoms with Crippen LogP contribution < -0.4 is 5.32 Å². The van der Waals surface area contributed by atoms with E-state index in [0.29, 0.717) is 12.1 Å². The van der Waals surface area contributed by atoms with Gasteiger partial charge < -0.3 is 14.8 Å². The van der Waals surface area contributed by atoms with Gasteiger partial charge in [-0.25, -0.2) is 4.31 Å². The molecule has 0 aliphatic carbocycles. The lowest BCUT2D eigenvalue weighted by Crippen LogP contribution is -2.28. The highest BCUT2D eigenvalue weighted by molar-refractivity contribution is 7.97. The number of carbonyl (C=O) groups is 1. The van der Waals surface area contributed by atoms with Gasteiger partial charge in [0.1, 0.15) is 0 Å². The zero-order chi connectivity index (χ0) is 15.3. The number of hydrogen-bond acceptors (Lipinski definition) is 5. The molecule has 0 radical (unpaired) electrons. The van der Waals surface area contributed by atoms with Gasteiger partial charge in [0, 0.05) is 43.5 Å². The van der Waals surface area contributed by atoms with Gasteiger partial charge in [-0.1, -0.05) is 0 Å². The largest absolute Gasteiger partial charge is 0.349 e. The van der Waals surface area contributed by atoms with Crippen LogP contribution in [0.5, 0.6) is 0 Å². The van der Waals surface area contributed by atoms with Crippen LogP contribution in [0.25, 0.3) is 0 Å². The number of carbonyl (C=O) groups excluding carboxylic acids is 1. The topological polar surface area (TPSA) is 50.8 Å². The molecule has 1 aliphatic heterocycles. The SMILES string of the molecule is COC(C)(OC)c1cc(SN2CCCC2)ccc1NC=O. The number of anilines is 1. The summed E-state index contributed by atoms with van der Waals surface area (Å²) < 4.78 is 13.3. The van der Waals surface area contributed by atoms with Crippen LogP contribution in [0.15, 0.2) is 23.1 Å². The predicted octanol–water partition coefficient (Wildman–Crippen LogP) is 2.82. The van der Waals surface area contributed by atoms with Crippen molar-refractivity contribution in [1.82, 2.24) is 4.31 Å². The quantitative estimate of drug-likeness (QED) is 0.477.